The van der Waals surface area contributed by atoms with Crippen LogP contribution in [0.2, 0.25) is 5.02 Å². The van der Waals surface area contributed by atoms with Gasteiger partial charge in [0.25, 0.3) is 0 Å². The Balaban J connectivity index is 1.60. The number of hydrogen-bond donors (Lipinski definition) is 0. The number of nitriles is 1. The van der Waals surface area contributed by atoms with Crippen LogP contribution in [0.5, 0.6) is 0 Å². The molecule has 5 rings (SSSR count). The van der Waals surface area contributed by atoms with Crippen LogP contribution < -0.4 is 4.31 Å². The summed E-state index contributed by atoms with van der Waals surface area (Å²) in [6.45, 7) is 2.32. The summed E-state index contributed by atoms with van der Waals surface area (Å²) >= 11 is 6.26. The van der Waals surface area contributed by atoms with E-state index in [1.807, 2.05) is 6.07 Å². The Labute approximate surface area is 146 Å². The summed E-state index contributed by atoms with van der Waals surface area (Å²) in [4.78, 5) is 0. The first-order valence-electron chi connectivity index (χ1n) is 8.31. The average molecular weight is 361 g/mol. The molecule has 1 aliphatic heterocycles. The maximum atomic E-state index is 13.3. The lowest BCUT2D eigenvalue weighted by Crippen LogP contribution is -2.34. The van der Waals surface area contributed by atoms with E-state index in [0.717, 1.165) is 0 Å². The van der Waals surface area contributed by atoms with Crippen molar-refractivity contribution >= 4 is 27.3 Å². The van der Waals surface area contributed by atoms with Crippen molar-refractivity contribution in [2.45, 2.75) is 25.0 Å². The fraction of sp³-hybridized carbons (Fsp3) is 0.500. The molecule has 0 aromatic heterocycles. The second-order valence-electron chi connectivity index (χ2n) is 7.56. The zero-order valence-corrected chi connectivity index (χ0v) is 14.8. The molecule has 6 heteroatoms. The standard InChI is InChI=1S/C18H17ClN2O2S/c1-10-15(5-2-11(8-20)16(10)19)21-9-12-13-3-4-14(18(13)6-7-18)17(12)24(21,22)23/h2-5,12-14,17H,6-7,9H2,1H3/t12-,13-,14+,17-/m1/s1. The number of benzene rings is 1. The lowest BCUT2D eigenvalue weighted by atomic mass is 9.89. The van der Waals surface area contributed by atoms with Gasteiger partial charge in [-0.15, -0.1) is 0 Å². The lowest BCUT2D eigenvalue weighted by molar-refractivity contribution is 0.368. The van der Waals surface area contributed by atoms with Crippen molar-refractivity contribution in [1.82, 2.24) is 0 Å². The molecule has 2 bridgehead atoms. The molecule has 3 aliphatic carbocycles. The van der Waals surface area contributed by atoms with Crippen molar-refractivity contribution in [2.75, 3.05) is 10.8 Å². The molecule has 3 fully saturated rings. The molecule has 4 nitrogen and oxygen atoms in total. The minimum Gasteiger partial charge on any atom is -0.269 e. The van der Waals surface area contributed by atoms with E-state index >= 15 is 0 Å². The molecule has 0 amide bonds. The fourth-order valence-electron chi connectivity index (χ4n) is 5.47. The van der Waals surface area contributed by atoms with Gasteiger partial charge in [-0.2, -0.15) is 5.26 Å². The molecule has 1 aromatic rings. The second kappa shape index (κ2) is 4.36. The van der Waals surface area contributed by atoms with Gasteiger partial charge in [0.05, 0.1) is 21.5 Å². The molecule has 0 unspecified atom stereocenters. The summed E-state index contributed by atoms with van der Waals surface area (Å²) < 4.78 is 28.1. The minimum absolute atomic E-state index is 0.177. The van der Waals surface area contributed by atoms with Gasteiger partial charge in [-0.3, -0.25) is 4.31 Å². The Morgan fingerprint density at radius 3 is 2.62 bits per heavy atom. The molecule has 4 aliphatic rings. The molecule has 4 atom stereocenters. The number of anilines is 1. The van der Waals surface area contributed by atoms with Gasteiger partial charge in [0, 0.05) is 18.4 Å². The predicted molar refractivity (Wildman–Crippen MR) is 92.2 cm³/mol. The molecule has 124 valence electrons. The van der Waals surface area contributed by atoms with Crippen LogP contribution in [-0.2, 0) is 10.0 Å². The molecular weight excluding hydrogens is 344 g/mol. The van der Waals surface area contributed by atoms with Crippen LogP contribution in [0.15, 0.2) is 24.3 Å². The summed E-state index contributed by atoms with van der Waals surface area (Å²) in [6, 6.07) is 5.39. The summed E-state index contributed by atoms with van der Waals surface area (Å²) in [5.41, 5.74) is 1.93. The molecule has 1 saturated heterocycles. The number of sulfonamides is 1. The first-order valence-corrected chi connectivity index (χ1v) is 10.2. The van der Waals surface area contributed by atoms with Gasteiger partial charge in [0.2, 0.25) is 10.0 Å². The largest absolute Gasteiger partial charge is 0.269 e. The van der Waals surface area contributed by atoms with Crippen molar-refractivity contribution in [3.63, 3.8) is 0 Å². The van der Waals surface area contributed by atoms with E-state index in [9.17, 15) is 8.42 Å². The van der Waals surface area contributed by atoms with Crippen molar-refractivity contribution in [2.24, 2.45) is 23.2 Å². The van der Waals surface area contributed by atoms with E-state index in [1.165, 1.54) is 12.8 Å². The molecule has 1 heterocycles. The van der Waals surface area contributed by atoms with Crippen molar-refractivity contribution in [3.05, 3.63) is 40.4 Å². The third kappa shape index (κ3) is 1.52. The third-order valence-electron chi connectivity index (χ3n) is 6.69. The average Bonchev–Trinajstić information content (AvgIpc) is 3.13. The maximum Gasteiger partial charge on any atom is 0.239 e. The topological polar surface area (TPSA) is 61.2 Å². The number of nitrogens with zero attached hydrogens (tertiary/aromatic N) is 2. The van der Waals surface area contributed by atoms with Crippen molar-refractivity contribution in [1.29, 1.82) is 5.26 Å². The van der Waals surface area contributed by atoms with Gasteiger partial charge in [0.1, 0.15) is 6.07 Å². The van der Waals surface area contributed by atoms with Crippen LogP contribution in [0.25, 0.3) is 0 Å². The molecule has 0 N–H and O–H groups in total. The van der Waals surface area contributed by atoms with Gasteiger partial charge in [-0.05, 0) is 48.8 Å². The monoisotopic (exact) mass is 360 g/mol. The highest BCUT2D eigenvalue weighted by atomic mass is 35.5. The zero-order valence-electron chi connectivity index (χ0n) is 13.2. The maximum absolute atomic E-state index is 13.3. The number of fused-ring (bicyclic) bond motifs is 3. The number of halogens is 1. The van der Waals surface area contributed by atoms with E-state index in [2.05, 4.69) is 12.2 Å². The number of rotatable bonds is 1. The fourth-order valence-corrected chi connectivity index (χ4v) is 8.24. The highest BCUT2D eigenvalue weighted by Crippen LogP contribution is 2.72. The van der Waals surface area contributed by atoms with Crippen LogP contribution in [0.4, 0.5) is 5.69 Å². The molecule has 1 aromatic carbocycles. The van der Waals surface area contributed by atoms with Crippen LogP contribution in [0, 0.1) is 41.4 Å². The first kappa shape index (κ1) is 14.8. The Kier molecular flexibility index (Phi) is 2.69. The van der Waals surface area contributed by atoms with E-state index in [-0.39, 0.29) is 22.5 Å². The molecular formula is C18H17ClN2O2S. The highest BCUT2D eigenvalue weighted by Gasteiger charge is 2.72. The summed E-state index contributed by atoms with van der Waals surface area (Å²) in [6.07, 6.45) is 6.74. The number of allylic oxidation sites excluding steroid dienone is 2. The molecule has 0 radical (unpaired) electrons. The Hall–Kier alpha value is -1.51. The van der Waals surface area contributed by atoms with E-state index in [1.54, 1.807) is 23.4 Å². The second-order valence-corrected chi connectivity index (χ2v) is 9.95. The van der Waals surface area contributed by atoms with Crippen LogP contribution in [0.1, 0.15) is 24.0 Å². The Morgan fingerprint density at radius 1 is 1.29 bits per heavy atom. The summed E-state index contributed by atoms with van der Waals surface area (Å²) in [5, 5.41) is 9.16. The minimum atomic E-state index is -3.40. The van der Waals surface area contributed by atoms with Gasteiger partial charge >= 0.3 is 0 Å². The van der Waals surface area contributed by atoms with Gasteiger partial charge in [-0.25, -0.2) is 8.42 Å². The van der Waals surface area contributed by atoms with Crippen molar-refractivity contribution in [3.8, 4) is 6.07 Å². The van der Waals surface area contributed by atoms with E-state index in [4.69, 9.17) is 16.9 Å². The van der Waals surface area contributed by atoms with Crippen LogP contribution >= 0.6 is 11.6 Å². The van der Waals surface area contributed by atoms with E-state index < -0.39 is 10.0 Å². The van der Waals surface area contributed by atoms with Crippen molar-refractivity contribution < 1.29 is 8.42 Å². The molecule has 1 spiro atoms. The Morgan fingerprint density at radius 2 is 2.00 bits per heavy atom. The SMILES string of the molecule is Cc1c(N2C[C@H]3[C@H]([C@@H]4C=C[C@H]3C43CC3)S2(=O)=O)ccc(C#N)c1Cl. The Bertz CT molecular complexity index is 943. The zero-order chi connectivity index (χ0) is 16.9. The number of hydrogen-bond acceptors (Lipinski definition) is 3. The predicted octanol–water partition coefficient (Wildman–Crippen LogP) is 3.25. The van der Waals surface area contributed by atoms with E-state index in [0.29, 0.717) is 34.3 Å². The van der Waals surface area contributed by atoms with Crippen LogP contribution in [0.3, 0.4) is 0 Å². The highest BCUT2D eigenvalue weighted by molar-refractivity contribution is 7.93. The van der Waals surface area contributed by atoms with Crippen LogP contribution in [-0.4, -0.2) is 20.2 Å². The lowest BCUT2D eigenvalue weighted by Gasteiger charge is -2.25. The third-order valence-corrected chi connectivity index (χ3v) is 9.47. The smallest absolute Gasteiger partial charge is 0.239 e. The normalized spacial score (nSPS) is 36.1. The summed E-state index contributed by atoms with van der Waals surface area (Å²) in [7, 11) is -3.40. The molecule has 24 heavy (non-hydrogen) atoms. The van der Waals surface area contributed by atoms with Gasteiger partial charge in [0.15, 0.2) is 0 Å². The first-order chi connectivity index (χ1) is 11.4. The van der Waals surface area contributed by atoms with Gasteiger partial charge in [-0.1, -0.05) is 23.8 Å². The molecule has 2 saturated carbocycles. The quantitative estimate of drug-likeness (QED) is 0.722. The van der Waals surface area contributed by atoms with Gasteiger partial charge < -0.3 is 0 Å². The summed E-state index contributed by atoms with van der Waals surface area (Å²) in [5.74, 6) is 0.763.